The summed E-state index contributed by atoms with van der Waals surface area (Å²) in [5, 5.41) is 24.6. The van der Waals surface area contributed by atoms with Crippen molar-refractivity contribution in [2.75, 3.05) is 13.1 Å². The maximum atomic E-state index is 8.89. The number of carboxylic acid groups (broad SMARTS) is 2. The molecule has 0 aromatic carbocycles. The van der Waals surface area contributed by atoms with Gasteiger partial charge in [-0.3, -0.25) is 0 Å². The van der Waals surface area contributed by atoms with Gasteiger partial charge in [0.1, 0.15) is 0 Å². The molecule has 0 amide bonds. The Labute approximate surface area is 139 Å². The van der Waals surface area contributed by atoms with Crippen LogP contribution < -0.4 is 20.8 Å². The van der Waals surface area contributed by atoms with Crippen LogP contribution in [0.4, 0.5) is 0 Å². The van der Waals surface area contributed by atoms with E-state index in [9.17, 15) is 0 Å². The quantitative estimate of drug-likeness (QED) is 0.512. The Hall–Kier alpha value is -0.621. The predicted molar refractivity (Wildman–Crippen MR) is 76.9 cm³/mol. The van der Waals surface area contributed by atoms with Gasteiger partial charge in [0, 0.05) is 36.1 Å². The van der Waals surface area contributed by atoms with Crippen LogP contribution in [0.25, 0.3) is 0 Å². The smallest absolute Gasteiger partial charge is 0.550 e. The Kier molecular flexibility index (Phi) is 19.5. The van der Waals surface area contributed by atoms with E-state index in [2.05, 4.69) is 52.2 Å². The monoisotopic (exact) mass is 353 g/mol. The third-order valence-corrected chi connectivity index (χ3v) is 1.44. The molecule has 0 saturated carbocycles. The third-order valence-electron chi connectivity index (χ3n) is 1.44. The van der Waals surface area contributed by atoms with Gasteiger partial charge < -0.3 is 30.4 Å². The van der Waals surface area contributed by atoms with Gasteiger partial charge in [-0.1, -0.05) is 0 Å². The number of carboxylic acids is 2. The number of hydrogen-bond acceptors (Lipinski definition) is 6. The average Bonchev–Trinajstić information content (AvgIpc) is 2.07. The van der Waals surface area contributed by atoms with Gasteiger partial charge >= 0.3 is 17.1 Å². The molecular formula is C14H30CuN2O4. The second kappa shape index (κ2) is 14.3. The molecule has 0 unspecified atom stereocenters. The van der Waals surface area contributed by atoms with Gasteiger partial charge in [-0.05, 0) is 55.4 Å². The van der Waals surface area contributed by atoms with Crippen LogP contribution in [0.1, 0.15) is 55.4 Å². The number of nitrogens with one attached hydrogen (secondary N) is 2. The fourth-order valence-corrected chi connectivity index (χ4v) is 0.875. The number of hydrogen-bond donors (Lipinski definition) is 2. The second-order valence-electron chi connectivity index (χ2n) is 6.34. The van der Waals surface area contributed by atoms with E-state index in [1.54, 1.807) is 0 Å². The van der Waals surface area contributed by atoms with Crippen LogP contribution in [-0.4, -0.2) is 36.1 Å². The first kappa shape index (κ1) is 28.5. The normalized spacial score (nSPS) is 10.1. The van der Waals surface area contributed by atoms with Gasteiger partial charge in [-0.15, -0.1) is 0 Å². The fourth-order valence-electron chi connectivity index (χ4n) is 0.875. The summed E-state index contributed by atoms with van der Waals surface area (Å²) in [6, 6.07) is 0. The molecule has 1 radical (unpaired) electrons. The van der Waals surface area contributed by atoms with Crippen molar-refractivity contribution in [1.82, 2.24) is 10.6 Å². The summed E-state index contributed by atoms with van der Waals surface area (Å²) in [4.78, 5) is 17.8. The molecule has 2 N–H and O–H groups in total. The van der Waals surface area contributed by atoms with E-state index >= 15 is 0 Å². The molecule has 0 heterocycles. The van der Waals surface area contributed by atoms with Crippen LogP contribution in [0.2, 0.25) is 0 Å². The molecule has 0 rings (SSSR count). The summed E-state index contributed by atoms with van der Waals surface area (Å²) in [6.07, 6.45) is 0. The second-order valence-corrected chi connectivity index (χ2v) is 6.34. The SMILES string of the molecule is CC(=O)[O-].CC(=O)[O-].CC(C)(C)NCCNC(C)(C)C.[Cu+2]. The fraction of sp³-hybridized carbons (Fsp3) is 0.857. The van der Waals surface area contributed by atoms with Crippen LogP contribution in [0.3, 0.4) is 0 Å². The van der Waals surface area contributed by atoms with Crippen molar-refractivity contribution >= 4 is 11.9 Å². The van der Waals surface area contributed by atoms with Gasteiger partial charge in [-0.2, -0.15) is 0 Å². The van der Waals surface area contributed by atoms with Crippen LogP contribution in [-0.2, 0) is 26.7 Å². The van der Waals surface area contributed by atoms with Crippen molar-refractivity contribution in [3.8, 4) is 0 Å². The van der Waals surface area contributed by atoms with Gasteiger partial charge in [-0.25, -0.2) is 0 Å². The average molecular weight is 354 g/mol. The zero-order chi connectivity index (χ0) is 17.0. The zero-order valence-corrected chi connectivity index (χ0v) is 15.3. The van der Waals surface area contributed by atoms with E-state index in [1.807, 2.05) is 0 Å². The molecule has 0 spiro atoms. The maximum absolute atomic E-state index is 8.89. The molecule has 0 aliphatic rings. The molecular weight excluding hydrogens is 324 g/mol. The molecule has 6 nitrogen and oxygen atoms in total. The van der Waals surface area contributed by atoms with Crippen molar-refractivity contribution in [3.05, 3.63) is 0 Å². The Bertz CT molecular complexity index is 235. The van der Waals surface area contributed by atoms with E-state index in [4.69, 9.17) is 19.8 Å². The molecule has 0 saturated heterocycles. The molecule has 0 aliphatic heterocycles. The summed E-state index contributed by atoms with van der Waals surface area (Å²) in [5.74, 6) is -2.17. The van der Waals surface area contributed by atoms with Crippen molar-refractivity contribution in [1.29, 1.82) is 0 Å². The summed E-state index contributed by atoms with van der Waals surface area (Å²) in [5.41, 5.74) is 0.471. The topological polar surface area (TPSA) is 104 Å². The molecule has 0 atom stereocenters. The van der Waals surface area contributed by atoms with Crippen molar-refractivity contribution in [3.63, 3.8) is 0 Å². The van der Waals surface area contributed by atoms with Crippen molar-refractivity contribution < 1.29 is 36.9 Å². The number of aliphatic carboxylic acids is 2. The predicted octanol–water partition coefficient (Wildman–Crippen LogP) is -0.727. The van der Waals surface area contributed by atoms with Crippen LogP contribution in [0.5, 0.6) is 0 Å². The standard InChI is InChI=1S/C10H24N2.2C2H4O2.Cu/c1-9(2,3)11-7-8-12-10(4,5)6;2*1-2(3)4;/h11-12H,7-8H2,1-6H3;2*1H3,(H,3,4);/q;;;+2/p-2. The Morgan fingerprint density at radius 2 is 0.905 bits per heavy atom. The Morgan fingerprint density at radius 1 is 0.762 bits per heavy atom. The van der Waals surface area contributed by atoms with Gasteiger partial charge in [0.05, 0.1) is 0 Å². The number of carbonyl (C=O) groups excluding carboxylic acids is 2. The van der Waals surface area contributed by atoms with Crippen LogP contribution >= 0.6 is 0 Å². The van der Waals surface area contributed by atoms with E-state index in [1.165, 1.54) is 0 Å². The molecule has 21 heavy (non-hydrogen) atoms. The number of carbonyl (C=O) groups is 2. The van der Waals surface area contributed by atoms with E-state index in [0.717, 1.165) is 26.9 Å². The minimum atomic E-state index is -1.08. The molecule has 7 heteroatoms. The molecule has 0 fully saturated rings. The van der Waals surface area contributed by atoms with Crippen LogP contribution in [0.15, 0.2) is 0 Å². The first-order valence-electron chi connectivity index (χ1n) is 6.52. The summed E-state index contributed by atoms with van der Waals surface area (Å²) >= 11 is 0. The van der Waals surface area contributed by atoms with Crippen molar-refractivity contribution in [2.45, 2.75) is 66.5 Å². The van der Waals surface area contributed by atoms with Gasteiger partial charge in [0.2, 0.25) is 0 Å². The summed E-state index contributed by atoms with van der Waals surface area (Å²) in [7, 11) is 0. The molecule has 0 aromatic heterocycles. The van der Waals surface area contributed by atoms with Crippen LogP contribution in [0, 0.1) is 0 Å². The molecule has 0 aliphatic carbocycles. The van der Waals surface area contributed by atoms with E-state index in [0.29, 0.717) is 0 Å². The summed E-state index contributed by atoms with van der Waals surface area (Å²) in [6.45, 7) is 17.1. The molecule has 131 valence electrons. The van der Waals surface area contributed by atoms with E-state index < -0.39 is 11.9 Å². The van der Waals surface area contributed by atoms with Crippen molar-refractivity contribution in [2.24, 2.45) is 0 Å². The summed E-state index contributed by atoms with van der Waals surface area (Å²) < 4.78 is 0. The minimum absolute atomic E-state index is 0. The first-order valence-corrected chi connectivity index (χ1v) is 6.52. The Morgan fingerprint density at radius 3 is 1.00 bits per heavy atom. The van der Waals surface area contributed by atoms with E-state index in [-0.39, 0.29) is 28.1 Å². The van der Waals surface area contributed by atoms with Gasteiger partial charge in [0.15, 0.2) is 0 Å². The van der Waals surface area contributed by atoms with Gasteiger partial charge in [0.25, 0.3) is 0 Å². The maximum Gasteiger partial charge on any atom is 2.00 e. The number of rotatable bonds is 3. The molecule has 0 aromatic rings. The molecule has 0 bridgehead atoms. The third kappa shape index (κ3) is 83.4. The first-order chi connectivity index (χ1) is 8.67. The Balaban J connectivity index is -0.000000134. The minimum Gasteiger partial charge on any atom is -0.550 e. The zero-order valence-electron chi connectivity index (χ0n) is 14.3. The largest absolute Gasteiger partial charge is 2.00 e.